The number of hydrogen-bond acceptors (Lipinski definition) is 0. The molecule has 1 aliphatic rings. The molecule has 1 unspecified atom stereocenters. The number of fused-ring (bicyclic) bond motifs is 1. The fourth-order valence-electron chi connectivity index (χ4n) is 2.76. The third kappa shape index (κ3) is 2.55. The van der Waals surface area contributed by atoms with Crippen molar-refractivity contribution in [1.29, 1.82) is 0 Å². The highest BCUT2D eigenvalue weighted by molar-refractivity contribution is 5.34. The minimum atomic E-state index is 0. The van der Waals surface area contributed by atoms with E-state index in [1.807, 2.05) is 0 Å². The molecule has 0 fully saturated rings. The minimum Gasteiger partial charge on any atom is -0.103 e. The summed E-state index contributed by atoms with van der Waals surface area (Å²) >= 11 is 0. The molecule has 1 aromatic carbocycles. The van der Waals surface area contributed by atoms with E-state index in [0.29, 0.717) is 0 Å². The van der Waals surface area contributed by atoms with Gasteiger partial charge in [-0.3, -0.25) is 0 Å². The van der Waals surface area contributed by atoms with Gasteiger partial charge in [0.1, 0.15) is 0 Å². The highest BCUT2D eigenvalue weighted by Gasteiger charge is 2.17. The lowest BCUT2D eigenvalue weighted by atomic mass is 9.81. The molecule has 16 heavy (non-hydrogen) atoms. The molecule has 0 bridgehead atoms. The monoisotopic (exact) mass is 216 g/mol. The van der Waals surface area contributed by atoms with Crippen LogP contribution in [0.15, 0.2) is 30.9 Å². The van der Waals surface area contributed by atoms with Crippen LogP contribution in [0.4, 0.5) is 0 Å². The third-order valence-corrected chi connectivity index (χ3v) is 3.64. The Hall–Kier alpha value is -1.04. The Kier molecular flexibility index (Phi) is 3.82. The normalized spacial score (nSPS) is 19.2. The van der Waals surface area contributed by atoms with Crippen molar-refractivity contribution in [2.75, 3.05) is 0 Å². The average molecular weight is 216 g/mol. The first kappa shape index (κ1) is 11.4. The summed E-state index contributed by atoms with van der Waals surface area (Å²) in [7, 11) is 0. The molecular weight excluding hydrogens is 192 g/mol. The second kappa shape index (κ2) is 5.34. The molecule has 0 heteroatoms. The predicted octanol–water partition coefficient (Wildman–Crippen LogP) is 4.57. The summed E-state index contributed by atoms with van der Waals surface area (Å²) in [4.78, 5) is 0. The van der Waals surface area contributed by atoms with Gasteiger partial charge in [-0.15, -0.1) is 6.58 Å². The molecule has 2 rings (SSSR count). The van der Waals surface area contributed by atoms with Crippen LogP contribution in [-0.2, 0) is 19.3 Å². The standard InChI is InChI=1S/C16H22.H2/c1-3-5-13-7-9-16-12-14(6-4-2)8-10-15(16)11-13;/h3,8,10,12-13H,1,4-7,9,11H2,2H3;1H. The zero-order chi connectivity index (χ0) is 11.4. The zero-order valence-corrected chi connectivity index (χ0v) is 10.3. The second-order valence-corrected chi connectivity index (χ2v) is 4.99. The summed E-state index contributed by atoms with van der Waals surface area (Å²) in [6.45, 7) is 6.10. The molecule has 88 valence electrons. The Bertz CT molecular complexity index is 368. The van der Waals surface area contributed by atoms with Gasteiger partial charge in [0, 0.05) is 1.43 Å². The van der Waals surface area contributed by atoms with Crippen LogP contribution in [0.3, 0.4) is 0 Å². The van der Waals surface area contributed by atoms with E-state index >= 15 is 0 Å². The topological polar surface area (TPSA) is 0 Å². The first-order chi connectivity index (χ1) is 7.83. The number of rotatable bonds is 4. The summed E-state index contributed by atoms with van der Waals surface area (Å²) in [5.41, 5.74) is 4.70. The van der Waals surface area contributed by atoms with Gasteiger partial charge < -0.3 is 0 Å². The molecule has 1 aliphatic carbocycles. The molecule has 0 heterocycles. The van der Waals surface area contributed by atoms with E-state index in [0.717, 1.165) is 5.92 Å². The van der Waals surface area contributed by atoms with Crippen LogP contribution in [-0.4, -0.2) is 0 Å². The molecule has 0 nitrogen and oxygen atoms in total. The van der Waals surface area contributed by atoms with E-state index in [4.69, 9.17) is 0 Å². The minimum absolute atomic E-state index is 0. The van der Waals surface area contributed by atoms with Gasteiger partial charge in [0.15, 0.2) is 0 Å². The molecule has 0 N–H and O–H groups in total. The maximum atomic E-state index is 3.85. The van der Waals surface area contributed by atoms with Crippen LogP contribution in [0, 0.1) is 5.92 Å². The van der Waals surface area contributed by atoms with Crippen LogP contribution >= 0.6 is 0 Å². The quantitative estimate of drug-likeness (QED) is 0.647. The third-order valence-electron chi connectivity index (χ3n) is 3.64. The van der Waals surface area contributed by atoms with Crippen LogP contribution in [0.2, 0.25) is 0 Å². The summed E-state index contributed by atoms with van der Waals surface area (Å²) in [6.07, 6.45) is 9.59. The number of benzene rings is 1. The van der Waals surface area contributed by atoms with Crippen LogP contribution < -0.4 is 0 Å². The lowest BCUT2D eigenvalue weighted by molar-refractivity contribution is 0.464. The lowest BCUT2D eigenvalue weighted by Crippen LogP contribution is -2.13. The van der Waals surface area contributed by atoms with Gasteiger partial charge in [-0.1, -0.05) is 37.6 Å². The van der Waals surface area contributed by atoms with Crippen LogP contribution in [0.5, 0.6) is 0 Å². The Morgan fingerprint density at radius 2 is 2.31 bits per heavy atom. The molecule has 0 saturated carbocycles. The molecule has 1 atom stereocenters. The number of hydrogen-bond donors (Lipinski definition) is 0. The van der Waals surface area contributed by atoms with E-state index in [1.165, 1.54) is 44.1 Å². The van der Waals surface area contributed by atoms with Crippen molar-refractivity contribution in [2.24, 2.45) is 5.92 Å². The van der Waals surface area contributed by atoms with Gasteiger partial charge in [0.05, 0.1) is 0 Å². The van der Waals surface area contributed by atoms with Crippen LogP contribution in [0.25, 0.3) is 0 Å². The van der Waals surface area contributed by atoms with E-state index in [1.54, 1.807) is 11.1 Å². The Morgan fingerprint density at radius 3 is 3.06 bits per heavy atom. The number of allylic oxidation sites excluding steroid dienone is 1. The Morgan fingerprint density at radius 1 is 1.44 bits per heavy atom. The van der Waals surface area contributed by atoms with Crippen molar-refractivity contribution in [3.8, 4) is 0 Å². The van der Waals surface area contributed by atoms with Crippen molar-refractivity contribution < 1.29 is 1.43 Å². The van der Waals surface area contributed by atoms with E-state index in [9.17, 15) is 0 Å². The first-order valence-corrected chi connectivity index (χ1v) is 6.55. The molecule has 0 aromatic heterocycles. The van der Waals surface area contributed by atoms with Gasteiger partial charge in [0.2, 0.25) is 0 Å². The first-order valence-electron chi connectivity index (χ1n) is 6.55. The van der Waals surface area contributed by atoms with Crippen LogP contribution in [0.1, 0.15) is 44.3 Å². The number of aryl methyl sites for hydroxylation is 2. The van der Waals surface area contributed by atoms with E-state index in [-0.39, 0.29) is 1.43 Å². The Labute approximate surface area is 101 Å². The van der Waals surface area contributed by atoms with Crippen molar-refractivity contribution >= 4 is 0 Å². The molecule has 0 spiro atoms. The average Bonchev–Trinajstić information content (AvgIpc) is 2.30. The van der Waals surface area contributed by atoms with Gasteiger partial charge in [-0.05, 0) is 54.7 Å². The SMILES string of the molecule is C=CCC1CCc2cc(CCC)ccc2C1.[HH]. The van der Waals surface area contributed by atoms with Gasteiger partial charge in [-0.2, -0.15) is 0 Å². The summed E-state index contributed by atoms with van der Waals surface area (Å²) in [5, 5.41) is 0. The smallest absolute Gasteiger partial charge is 0 e. The maximum Gasteiger partial charge on any atom is 0 e. The molecule has 0 radical (unpaired) electrons. The van der Waals surface area contributed by atoms with Gasteiger partial charge >= 0.3 is 0 Å². The van der Waals surface area contributed by atoms with Crippen molar-refractivity contribution in [1.82, 2.24) is 0 Å². The maximum absolute atomic E-state index is 3.85. The van der Waals surface area contributed by atoms with Gasteiger partial charge in [-0.25, -0.2) is 0 Å². The lowest BCUT2D eigenvalue weighted by Gasteiger charge is -2.24. The largest absolute Gasteiger partial charge is 0.103 e. The van der Waals surface area contributed by atoms with E-state index < -0.39 is 0 Å². The molecule has 0 saturated heterocycles. The fraction of sp³-hybridized carbons (Fsp3) is 0.500. The summed E-state index contributed by atoms with van der Waals surface area (Å²) < 4.78 is 0. The molecule has 0 aliphatic heterocycles. The predicted molar refractivity (Wildman–Crippen MR) is 72.9 cm³/mol. The van der Waals surface area contributed by atoms with Crippen molar-refractivity contribution in [3.05, 3.63) is 47.5 Å². The Balaban J connectivity index is 0.00000144. The molecular formula is C16H24. The van der Waals surface area contributed by atoms with Crippen molar-refractivity contribution in [2.45, 2.75) is 45.4 Å². The summed E-state index contributed by atoms with van der Waals surface area (Å²) in [6, 6.07) is 7.11. The molecule has 1 aromatic rings. The fourth-order valence-corrected chi connectivity index (χ4v) is 2.76. The van der Waals surface area contributed by atoms with Gasteiger partial charge in [0.25, 0.3) is 0 Å². The zero-order valence-electron chi connectivity index (χ0n) is 10.3. The highest BCUT2D eigenvalue weighted by Crippen LogP contribution is 2.28. The van der Waals surface area contributed by atoms with E-state index in [2.05, 4.69) is 37.8 Å². The van der Waals surface area contributed by atoms with Crippen molar-refractivity contribution in [3.63, 3.8) is 0 Å². The second-order valence-electron chi connectivity index (χ2n) is 4.99. The summed E-state index contributed by atoms with van der Waals surface area (Å²) in [5.74, 6) is 0.835. The molecule has 0 amide bonds. The highest BCUT2D eigenvalue weighted by atomic mass is 14.2.